The lowest BCUT2D eigenvalue weighted by Crippen LogP contribution is -2.65. The minimum atomic E-state index is -0.849. The fraction of sp³-hybridized carbons (Fsp3) is 0.818. The van der Waals surface area contributed by atoms with E-state index in [2.05, 4.69) is 5.32 Å². The van der Waals surface area contributed by atoms with Crippen molar-refractivity contribution in [1.82, 2.24) is 10.2 Å². The van der Waals surface area contributed by atoms with Crippen molar-refractivity contribution in [1.29, 1.82) is 0 Å². The van der Waals surface area contributed by atoms with Crippen LogP contribution in [0.25, 0.3) is 0 Å². The zero-order valence-corrected chi connectivity index (χ0v) is 11.4. The molecular formula is C11H20N2O3S. The average Bonchev–Trinajstić information content (AvgIpc) is 2.24. The smallest absolute Gasteiger partial charge is 0.248 e. The predicted molar refractivity (Wildman–Crippen MR) is 67.0 cm³/mol. The monoisotopic (exact) mass is 260 g/mol. The molecule has 2 amide bonds. The van der Waals surface area contributed by atoms with E-state index in [0.29, 0.717) is 25.1 Å². The highest BCUT2D eigenvalue weighted by Crippen LogP contribution is 2.17. The molecule has 1 fully saturated rings. The third-order valence-corrected chi connectivity index (χ3v) is 3.94. The number of rotatable bonds is 5. The number of carbonyl (C=O) groups excluding carboxylic acids is 2. The van der Waals surface area contributed by atoms with Gasteiger partial charge < -0.3 is 10.2 Å². The Balaban J connectivity index is 2.62. The number of piperazine rings is 1. The first kappa shape index (κ1) is 14.2. The van der Waals surface area contributed by atoms with E-state index in [9.17, 15) is 13.8 Å². The zero-order valence-electron chi connectivity index (χ0n) is 10.6. The normalized spacial score (nSPS) is 26.9. The first-order chi connectivity index (χ1) is 7.89. The van der Waals surface area contributed by atoms with E-state index in [1.54, 1.807) is 18.1 Å². The van der Waals surface area contributed by atoms with Crippen LogP contribution in [0.15, 0.2) is 0 Å². The van der Waals surface area contributed by atoms with E-state index in [4.69, 9.17) is 0 Å². The second-order valence-corrected chi connectivity index (χ2v) is 6.15. The molecule has 0 aromatic carbocycles. The molecule has 1 saturated heterocycles. The molecule has 0 aliphatic carbocycles. The van der Waals surface area contributed by atoms with Gasteiger partial charge in [0.2, 0.25) is 11.8 Å². The maximum absolute atomic E-state index is 12.1. The van der Waals surface area contributed by atoms with Gasteiger partial charge >= 0.3 is 0 Å². The summed E-state index contributed by atoms with van der Waals surface area (Å²) in [6.45, 7) is 4.24. The molecule has 1 rings (SSSR count). The summed E-state index contributed by atoms with van der Waals surface area (Å²) in [4.78, 5) is 25.2. The lowest BCUT2D eigenvalue weighted by atomic mass is 9.94. The zero-order chi connectivity index (χ0) is 13.1. The molecule has 2 unspecified atom stereocenters. The van der Waals surface area contributed by atoms with E-state index in [1.807, 2.05) is 6.92 Å². The third kappa shape index (κ3) is 3.52. The van der Waals surface area contributed by atoms with Gasteiger partial charge in [-0.2, -0.15) is 0 Å². The van der Waals surface area contributed by atoms with Gasteiger partial charge in [-0.05, 0) is 19.8 Å². The minimum Gasteiger partial charge on any atom is -0.340 e. The number of hydrogen-bond acceptors (Lipinski definition) is 3. The van der Waals surface area contributed by atoms with Crippen LogP contribution in [0.5, 0.6) is 0 Å². The Morgan fingerprint density at radius 1 is 1.47 bits per heavy atom. The van der Waals surface area contributed by atoms with Crippen LogP contribution < -0.4 is 5.32 Å². The van der Waals surface area contributed by atoms with Crippen molar-refractivity contribution >= 4 is 22.6 Å². The number of amides is 2. The number of hydrogen-bond donors (Lipinski definition) is 1. The summed E-state index contributed by atoms with van der Waals surface area (Å²) < 4.78 is 10.9. The third-order valence-electron chi connectivity index (χ3n) is 3.08. The second kappa shape index (κ2) is 5.62. The van der Waals surface area contributed by atoms with Gasteiger partial charge in [-0.15, -0.1) is 0 Å². The molecule has 0 saturated carbocycles. The van der Waals surface area contributed by atoms with Gasteiger partial charge in [0, 0.05) is 29.4 Å². The van der Waals surface area contributed by atoms with Crippen molar-refractivity contribution in [2.24, 2.45) is 0 Å². The van der Waals surface area contributed by atoms with Crippen LogP contribution in [-0.4, -0.2) is 51.6 Å². The Morgan fingerprint density at radius 3 is 2.65 bits per heavy atom. The molecule has 1 heterocycles. The largest absolute Gasteiger partial charge is 0.340 e. The van der Waals surface area contributed by atoms with Crippen molar-refractivity contribution in [3.05, 3.63) is 0 Å². The molecule has 17 heavy (non-hydrogen) atoms. The molecule has 98 valence electrons. The standard InChI is InChI=1S/C11H20N2O3S/c1-4-11(2)10(15)13(8-9(14)12-11)6-5-7-17(3)16/h4-8H2,1-3H3,(H,12,14). The van der Waals surface area contributed by atoms with Gasteiger partial charge in [0.15, 0.2) is 0 Å². The summed E-state index contributed by atoms with van der Waals surface area (Å²) in [5.74, 6) is 0.405. The lowest BCUT2D eigenvalue weighted by molar-refractivity contribution is -0.149. The molecule has 0 aromatic rings. The number of nitrogens with zero attached hydrogens (tertiary/aromatic N) is 1. The Kier molecular flexibility index (Phi) is 4.68. The van der Waals surface area contributed by atoms with Gasteiger partial charge in [0.05, 0.1) is 6.54 Å². The highest BCUT2D eigenvalue weighted by molar-refractivity contribution is 7.84. The molecule has 1 aliphatic rings. The summed E-state index contributed by atoms with van der Waals surface area (Å²) in [7, 11) is -0.849. The highest BCUT2D eigenvalue weighted by Gasteiger charge is 2.41. The summed E-state index contributed by atoms with van der Waals surface area (Å²) in [5.41, 5.74) is -0.777. The highest BCUT2D eigenvalue weighted by atomic mass is 32.2. The van der Waals surface area contributed by atoms with Crippen LogP contribution in [0.3, 0.4) is 0 Å². The average molecular weight is 260 g/mol. The summed E-state index contributed by atoms with van der Waals surface area (Å²) in [6, 6.07) is 0. The van der Waals surface area contributed by atoms with Crippen LogP contribution in [0.2, 0.25) is 0 Å². The Labute approximate surface area is 104 Å². The SMILES string of the molecule is CCC1(C)NC(=O)CN(CCCS(C)=O)C1=O. The van der Waals surface area contributed by atoms with E-state index < -0.39 is 16.3 Å². The molecule has 0 radical (unpaired) electrons. The van der Waals surface area contributed by atoms with E-state index in [1.165, 1.54) is 0 Å². The van der Waals surface area contributed by atoms with Crippen molar-refractivity contribution in [2.45, 2.75) is 32.2 Å². The van der Waals surface area contributed by atoms with Crippen LogP contribution >= 0.6 is 0 Å². The molecule has 0 bridgehead atoms. The Bertz CT molecular complexity index is 346. The molecule has 0 spiro atoms. The maximum atomic E-state index is 12.1. The molecule has 1 aliphatic heterocycles. The maximum Gasteiger partial charge on any atom is 0.248 e. The van der Waals surface area contributed by atoms with Gasteiger partial charge in [0.25, 0.3) is 0 Å². The molecule has 6 heteroatoms. The fourth-order valence-electron chi connectivity index (χ4n) is 1.87. The second-order valence-electron chi connectivity index (χ2n) is 4.59. The van der Waals surface area contributed by atoms with Gasteiger partial charge in [-0.1, -0.05) is 6.92 Å². The van der Waals surface area contributed by atoms with Crippen molar-refractivity contribution in [2.75, 3.05) is 25.1 Å². The first-order valence-electron chi connectivity index (χ1n) is 5.79. The van der Waals surface area contributed by atoms with E-state index in [-0.39, 0.29) is 18.4 Å². The van der Waals surface area contributed by atoms with Crippen LogP contribution in [0.1, 0.15) is 26.7 Å². The Morgan fingerprint density at radius 2 is 2.12 bits per heavy atom. The van der Waals surface area contributed by atoms with E-state index in [0.717, 1.165) is 0 Å². The van der Waals surface area contributed by atoms with Gasteiger partial charge in [-0.25, -0.2) is 0 Å². The van der Waals surface area contributed by atoms with Crippen LogP contribution in [-0.2, 0) is 20.4 Å². The fourth-order valence-corrected chi connectivity index (χ4v) is 2.41. The summed E-state index contributed by atoms with van der Waals surface area (Å²) in [5, 5.41) is 2.73. The van der Waals surface area contributed by atoms with Crippen molar-refractivity contribution in [3.63, 3.8) is 0 Å². The predicted octanol–water partition coefficient (Wildman–Crippen LogP) is -0.118. The summed E-state index contributed by atoms with van der Waals surface area (Å²) >= 11 is 0. The lowest BCUT2D eigenvalue weighted by Gasteiger charge is -2.39. The molecule has 0 aromatic heterocycles. The van der Waals surface area contributed by atoms with Crippen molar-refractivity contribution in [3.8, 4) is 0 Å². The first-order valence-corrected chi connectivity index (χ1v) is 7.52. The quantitative estimate of drug-likeness (QED) is 0.749. The molecule has 1 N–H and O–H groups in total. The number of carbonyl (C=O) groups is 2. The van der Waals surface area contributed by atoms with Crippen molar-refractivity contribution < 1.29 is 13.8 Å². The van der Waals surface area contributed by atoms with Crippen LogP contribution in [0, 0.1) is 0 Å². The minimum absolute atomic E-state index is 0.0403. The number of nitrogens with one attached hydrogen (secondary N) is 1. The molecule has 5 nitrogen and oxygen atoms in total. The van der Waals surface area contributed by atoms with E-state index >= 15 is 0 Å². The molecular weight excluding hydrogens is 240 g/mol. The summed E-state index contributed by atoms with van der Waals surface area (Å²) in [6.07, 6.45) is 2.89. The topological polar surface area (TPSA) is 66.5 Å². The Hall–Kier alpha value is -0.910. The van der Waals surface area contributed by atoms with Gasteiger partial charge in [0.1, 0.15) is 5.54 Å². The van der Waals surface area contributed by atoms with Gasteiger partial charge in [-0.3, -0.25) is 13.8 Å². The van der Waals surface area contributed by atoms with Crippen LogP contribution in [0.4, 0.5) is 0 Å². The molecule has 2 atom stereocenters.